The second kappa shape index (κ2) is 8.85. The molecule has 1 N–H and O–H groups in total. The summed E-state index contributed by atoms with van der Waals surface area (Å²) < 4.78 is 17.2. The average Bonchev–Trinajstić information content (AvgIpc) is 3.42. The van der Waals surface area contributed by atoms with Gasteiger partial charge in [-0.25, -0.2) is 0 Å². The number of aromatic nitrogens is 1. The van der Waals surface area contributed by atoms with E-state index in [1.807, 2.05) is 36.7 Å². The van der Waals surface area contributed by atoms with Gasteiger partial charge >= 0.3 is 0 Å². The average molecular weight is 424 g/mol. The molecule has 0 aliphatic carbocycles. The van der Waals surface area contributed by atoms with Crippen molar-refractivity contribution in [2.24, 2.45) is 0 Å². The highest BCUT2D eigenvalue weighted by Gasteiger charge is 2.42. The van der Waals surface area contributed by atoms with Gasteiger partial charge in [-0.1, -0.05) is 12.1 Å². The molecule has 7 nitrogen and oxygen atoms in total. The molecule has 1 atom stereocenters. The molecule has 0 bridgehead atoms. The summed E-state index contributed by atoms with van der Waals surface area (Å²) in [5.41, 5.74) is 2.17. The monoisotopic (exact) mass is 423 g/mol. The molecule has 2 saturated heterocycles. The second-order valence-corrected chi connectivity index (χ2v) is 8.77. The van der Waals surface area contributed by atoms with Crippen LogP contribution in [0.4, 0.5) is 0 Å². The van der Waals surface area contributed by atoms with E-state index in [1.54, 1.807) is 0 Å². The van der Waals surface area contributed by atoms with Gasteiger partial charge in [0.15, 0.2) is 11.5 Å². The molecule has 1 spiro atoms. The number of rotatable bonds is 6. The Kier molecular flexibility index (Phi) is 5.78. The SMILES string of the molecule is O=C(Cc1ccc2c(c1)OCO2)NCC1CCC2(CCN(Cc3cccnc3)CC2)O1. The van der Waals surface area contributed by atoms with E-state index in [1.165, 1.54) is 5.56 Å². The van der Waals surface area contributed by atoms with E-state index in [4.69, 9.17) is 14.2 Å². The van der Waals surface area contributed by atoms with Gasteiger partial charge in [-0.3, -0.25) is 14.7 Å². The molecule has 4 heterocycles. The predicted octanol–water partition coefficient (Wildman–Crippen LogP) is 2.68. The number of hydrogen-bond acceptors (Lipinski definition) is 6. The van der Waals surface area contributed by atoms with Crippen LogP contribution in [-0.2, 0) is 22.5 Å². The van der Waals surface area contributed by atoms with Crippen LogP contribution in [-0.4, -0.2) is 53.9 Å². The summed E-state index contributed by atoms with van der Waals surface area (Å²) in [6, 6.07) is 9.77. The molecule has 164 valence electrons. The van der Waals surface area contributed by atoms with Gasteiger partial charge in [0.2, 0.25) is 12.7 Å². The van der Waals surface area contributed by atoms with Gasteiger partial charge in [-0.15, -0.1) is 0 Å². The maximum absolute atomic E-state index is 12.4. The van der Waals surface area contributed by atoms with Crippen molar-refractivity contribution < 1.29 is 19.0 Å². The molecule has 2 fully saturated rings. The zero-order valence-corrected chi connectivity index (χ0v) is 17.7. The predicted molar refractivity (Wildman–Crippen MR) is 115 cm³/mol. The summed E-state index contributed by atoms with van der Waals surface area (Å²) in [4.78, 5) is 19.1. The smallest absolute Gasteiger partial charge is 0.231 e. The number of nitrogens with one attached hydrogen (secondary N) is 1. The first kappa shape index (κ1) is 20.3. The maximum atomic E-state index is 12.4. The van der Waals surface area contributed by atoms with E-state index < -0.39 is 0 Å². The fraction of sp³-hybridized carbons (Fsp3) is 0.500. The zero-order chi connectivity index (χ0) is 21.1. The Balaban J connectivity index is 1.05. The first-order valence-electron chi connectivity index (χ1n) is 11.1. The third kappa shape index (κ3) is 4.83. The number of likely N-dealkylation sites (tertiary alicyclic amines) is 1. The number of amides is 1. The maximum Gasteiger partial charge on any atom is 0.231 e. The number of ether oxygens (including phenoxy) is 3. The Morgan fingerprint density at radius 2 is 2.00 bits per heavy atom. The third-order valence-corrected chi connectivity index (χ3v) is 6.56. The number of nitrogens with zero attached hydrogens (tertiary/aromatic N) is 2. The lowest BCUT2D eigenvalue weighted by molar-refractivity contribution is -0.122. The summed E-state index contributed by atoms with van der Waals surface area (Å²) in [7, 11) is 0. The molecule has 3 aliphatic heterocycles. The number of fused-ring (bicyclic) bond motifs is 1. The molecule has 3 aliphatic rings. The molecule has 0 saturated carbocycles. The Hall–Kier alpha value is -2.64. The van der Waals surface area contributed by atoms with E-state index in [0.717, 1.165) is 56.6 Å². The van der Waals surface area contributed by atoms with Gasteiger partial charge in [0.1, 0.15) is 0 Å². The summed E-state index contributed by atoms with van der Waals surface area (Å²) in [5.74, 6) is 1.45. The van der Waals surface area contributed by atoms with Crippen molar-refractivity contribution in [3.05, 3.63) is 53.9 Å². The Labute approximate surface area is 182 Å². The van der Waals surface area contributed by atoms with Crippen LogP contribution < -0.4 is 14.8 Å². The molecule has 2 aromatic rings. The Bertz CT molecular complexity index is 912. The lowest BCUT2D eigenvalue weighted by Crippen LogP contribution is -2.45. The van der Waals surface area contributed by atoms with Crippen molar-refractivity contribution >= 4 is 5.91 Å². The van der Waals surface area contributed by atoms with Gasteiger partial charge in [-0.2, -0.15) is 0 Å². The quantitative estimate of drug-likeness (QED) is 0.770. The van der Waals surface area contributed by atoms with Crippen molar-refractivity contribution in [2.45, 2.75) is 50.4 Å². The lowest BCUT2D eigenvalue weighted by atomic mass is 9.88. The van der Waals surface area contributed by atoms with Crippen LogP contribution >= 0.6 is 0 Å². The summed E-state index contributed by atoms with van der Waals surface area (Å²) >= 11 is 0. The highest BCUT2D eigenvalue weighted by Crippen LogP contribution is 2.39. The molecular formula is C24H29N3O4. The summed E-state index contributed by atoms with van der Waals surface area (Å²) in [6.45, 7) is 3.84. The molecule has 5 rings (SSSR count). The number of carbonyl (C=O) groups excluding carboxylic acids is 1. The summed E-state index contributed by atoms with van der Waals surface area (Å²) in [5, 5.41) is 3.05. The van der Waals surface area contributed by atoms with Crippen molar-refractivity contribution in [3.63, 3.8) is 0 Å². The lowest BCUT2D eigenvalue weighted by Gasteiger charge is -2.39. The molecule has 0 radical (unpaired) electrons. The number of hydrogen-bond donors (Lipinski definition) is 1. The Morgan fingerprint density at radius 3 is 2.84 bits per heavy atom. The zero-order valence-electron chi connectivity index (χ0n) is 17.7. The molecule has 7 heteroatoms. The van der Waals surface area contributed by atoms with E-state index in [0.29, 0.717) is 18.7 Å². The van der Waals surface area contributed by atoms with Crippen LogP contribution in [0.1, 0.15) is 36.8 Å². The molecule has 1 aromatic carbocycles. The van der Waals surface area contributed by atoms with Gasteiger partial charge < -0.3 is 19.5 Å². The van der Waals surface area contributed by atoms with E-state index >= 15 is 0 Å². The van der Waals surface area contributed by atoms with E-state index in [2.05, 4.69) is 21.3 Å². The van der Waals surface area contributed by atoms with Crippen LogP contribution in [0.2, 0.25) is 0 Å². The molecule has 1 amide bonds. The van der Waals surface area contributed by atoms with Gasteiger partial charge in [0.05, 0.1) is 18.1 Å². The van der Waals surface area contributed by atoms with Crippen LogP contribution in [0.15, 0.2) is 42.7 Å². The van der Waals surface area contributed by atoms with Crippen LogP contribution in [0.3, 0.4) is 0 Å². The fourth-order valence-electron chi connectivity index (χ4n) is 4.80. The molecule has 1 aromatic heterocycles. The normalized spacial score (nSPS) is 22.0. The largest absolute Gasteiger partial charge is 0.454 e. The first-order valence-corrected chi connectivity index (χ1v) is 11.1. The van der Waals surface area contributed by atoms with Crippen molar-refractivity contribution in [3.8, 4) is 11.5 Å². The fourth-order valence-corrected chi connectivity index (χ4v) is 4.80. The Morgan fingerprint density at radius 1 is 1.13 bits per heavy atom. The number of pyridine rings is 1. The number of carbonyl (C=O) groups is 1. The van der Waals surface area contributed by atoms with Crippen LogP contribution in [0.5, 0.6) is 11.5 Å². The highest BCUT2D eigenvalue weighted by atomic mass is 16.7. The highest BCUT2D eigenvalue weighted by molar-refractivity contribution is 5.78. The van der Waals surface area contributed by atoms with Crippen molar-refractivity contribution in [1.29, 1.82) is 0 Å². The second-order valence-electron chi connectivity index (χ2n) is 8.77. The number of piperidine rings is 1. The van der Waals surface area contributed by atoms with Gasteiger partial charge in [0, 0.05) is 38.6 Å². The van der Waals surface area contributed by atoms with Crippen molar-refractivity contribution in [1.82, 2.24) is 15.2 Å². The minimum Gasteiger partial charge on any atom is -0.454 e. The molecule has 1 unspecified atom stereocenters. The van der Waals surface area contributed by atoms with Gasteiger partial charge in [-0.05, 0) is 55.0 Å². The van der Waals surface area contributed by atoms with E-state index in [-0.39, 0.29) is 24.4 Å². The van der Waals surface area contributed by atoms with Gasteiger partial charge in [0.25, 0.3) is 0 Å². The molecular weight excluding hydrogens is 394 g/mol. The van der Waals surface area contributed by atoms with Crippen LogP contribution in [0, 0.1) is 0 Å². The van der Waals surface area contributed by atoms with Crippen molar-refractivity contribution in [2.75, 3.05) is 26.4 Å². The van der Waals surface area contributed by atoms with Crippen LogP contribution in [0.25, 0.3) is 0 Å². The minimum atomic E-state index is -0.0157. The van der Waals surface area contributed by atoms with E-state index in [9.17, 15) is 4.79 Å². The molecule has 31 heavy (non-hydrogen) atoms. The first-order chi connectivity index (χ1) is 15.2. The topological polar surface area (TPSA) is 72.9 Å². The number of benzene rings is 1. The minimum absolute atomic E-state index is 0.00899. The standard InChI is InChI=1S/C24H29N3O4/c28-23(13-18-3-4-21-22(12-18)30-17-29-21)26-15-20-5-6-24(31-20)7-10-27(11-8-24)16-19-2-1-9-25-14-19/h1-4,9,12,14,20H,5-8,10-11,13,15-17H2,(H,26,28). The summed E-state index contributed by atoms with van der Waals surface area (Å²) in [6.07, 6.45) is 8.38. The third-order valence-electron chi connectivity index (χ3n) is 6.56.